The lowest BCUT2D eigenvalue weighted by atomic mass is 9.91. The zero-order chi connectivity index (χ0) is 12.6. The first kappa shape index (κ1) is 12.8. The number of imidazole rings is 1. The maximum absolute atomic E-state index is 5.45. The fraction of sp³-hybridized carbons (Fsp3) is 0.769. The van der Waals surface area contributed by atoms with E-state index in [1.807, 2.05) is 0 Å². The molecule has 1 unspecified atom stereocenters. The Hall–Kier alpha value is -0.610. The number of aromatic amines is 1. The number of piperidine rings is 1. The number of nitrogens with one attached hydrogen (secondary N) is 1. The van der Waals surface area contributed by atoms with Gasteiger partial charge in [-0.05, 0) is 38.7 Å². The van der Waals surface area contributed by atoms with Gasteiger partial charge in [-0.25, -0.2) is 0 Å². The van der Waals surface area contributed by atoms with E-state index in [0.29, 0.717) is 6.04 Å². The minimum absolute atomic E-state index is 0.142. The molecule has 0 aromatic carbocycles. The van der Waals surface area contributed by atoms with Gasteiger partial charge in [0, 0.05) is 29.9 Å². The van der Waals surface area contributed by atoms with Gasteiger partial charge >= 0.3 is 0 Å². The molecule has 1 aliphatic heterocycles. The summed E-state index contributed by atoms with van der Waals surface area (Å²) in [6.45, 7) is 9.05. The Morgan fingerprint density at radius 1 is 1.41 bits per heavy atom. The smallest absolute Gasteiger partial charge is 0.177 e. The number of hydrogen-bond donors (Lipinski definition) is 1. The van der Waals surface area contributed by atoms with E-state index >= 15 is 0 Å². The summed E-state index contributed by atoms with van der Waals surface area (Å²) in [5.41, 5.74) is 1.46. The highest BCUT2D eigenvalue weighted by molar-refractivity contribution is 7.71. The van der Waals surface area contributed by atoms with E-state index in [1.165, 1.54) is 25.1 Å². The van der Waals surface area contributed by atoms with E-state index in [2.05, 4.69) is 48.5 Å². The van der Waals surface area contributed by atoms with Crippen LogP contribution in [0.1, 0.15) is 45.3 Å². The molecule has 0 spiro atoms. The summed E-state index contributed by atoms with van der Waals surface area (Å²) in [6, 6.07) is 0.529. The van der Waals surface area contributed by atoms with Gasteiger partial charge in [0.05, 0.1) is 0 Å². The highest BCUT2D eigenvalue weighted by atomic mass is 32.1. The number of nitrogens with zero attached hydrogens (tertiary/aromatic N) is 2. The molecule has 0 saturated carbocycles. The molecule has 3 nitrogen and oxygen atoms in total. The highest BCUT2D eigenvalue weighted by Crippen LogP contribution is 2.29. The lowest BCUT2D eigenvalue weighted by molar-refractivity contribution is 0.206. The van der Waals surface area contributed by atoms with Crippen molar-refractivity contribution in [3.05, 3.63) is 16.7 Å². The predicted octanol–water partition coefficient (Wildman–Crippen LogP) is 3.11. The molecular weight excluding hydrogens is 230 g/mol. The Morgan fingerprint density at radius 3 is 2.71 bits per heavy atom. The normalized spacial score (nSPS) is 22.9. The van der Waals surface area contributed by atoms with E-state index in [1.54, 1.807) is 0 Å². The van der Waals surface area contributed by atoms with Crippen molar-refractivity contribution in [2.75, 3.05) is 20.1 Å². The molecule has 1 atom stereocenters. The molecule has 17 heavy (non-hydrogen) atoms. The van der Waals surface area contributed by atoms with Crippen molar-refractivity contribution in [2.45, 2.75) is 45.1 Å². The van der Waals surface area contributed by atoms with Crippen LogP contribution in [0.15, 0.2) is 6.20 Å². The molecule has 4 heteroatoms. The molecule has 0 bridgehead atoms. The van der Waals surface area contributed by atoms with Crippen LogP contribution in [0, 0.1) is 4.77 Å². The number of likely N-dealkylation sites (tertiary alicyclic amines) is 1. The first-order chi connectivity index (χ1) is 7.89. The molecule has 0 radical (unpaired) electrons. The summed E-state index contributed by atoms with van der Waals surface area (Å²) in [4.78, 5) is 5.61. The summed E-state index contributed by atoms with van der Waals surface area (Å²) in [6.07, 6.45) is 4.58. The Kier molecular flexibility index (Phi) is 3.46. The number of aromatic nitrogens is 2. The summed E-state index contributed by atoms with van der Waals surface area (Å²) in [7, 11) is 2.19. The molecule has 2 rings (SSSR count). The van der Waals surface area contributed by atoms with Gasteiger partial charge in [0.2, 0.25) is 0 Å². The molecule has 96 valence electrons. The largest absolute Gasteiger partial charge is 0.337 e. The van der Waals surface area contributed by atoms with Crippen molar-refractivity contribution >= 4 is 12.2 Å². The average molecular weight is 253 g/mol. The van der Waals surface area contributed by atoms with Gasteiger partial charge in [-0.2, -0.15) is 0 Å². The minimum Gasteiger partial charge on any atom is -0.337 e. The molecule has 1 aromatic heterocycles. The van der Waals surface area contributed by atoms with E-state index in [-0.39, 0.29) is 5.41 Å². The van der Waals surface area contributed by atoms with E-state index in [4.69, 9.17) is 12.2 Å². The molecule has 1 N–H and O–H groups in total. The quantitative estimate of drug-likeness (QED) is 0.778. The number of rotatable bonds is 1. The summed E-state index contributed by atoms with van der Waals surface area (Å²) >= 11 is 5.45. The summed E-state index contributed by atoms with van der Waals surface area (Å²) < 4.78 is 3.21. The van der Waals surface area contributed by atoms with Crippen molar-refractivity contribution in [1.29, 1.82) is 0 Å². The van der Waals surface area contributed by atoms with E-state index in [0.717, 1.165) is 11.3 Å². The van der Waals surface area contributed by atoms with Gasteiger partial charge < -0.3 is 14.5 Å². The van der Waals surface area contributed by atoms with Gasteiger partial charge in [-0.1, -0.05) is 20.8 Å². The highest BCUT2D eigenvalue weighted by Gasteiger charge is 2.26. The first-order valence-corrected chi connectivity index (χ1v) is 6.79. The molecule has 1 fully saturated rings. The molecule has 2 heterocycles. The molecule has 1 saturated heterocycles. The summed E-state index contributed by atoms with van der Waals surface area (Å²) in [5, 5.41) is 0. The van der Waals surface area contributed by atoms with Crippen molar-refractivity contribution < 1.29 is 0 Å². The van der Waals surface area contributed by atoms with Gasteiger partial charge in [0.25, 0.3) is 0 Å². The van der Waals surface area contributed by atoms with Crippen LogP contribution in [-0.4, -0.2) is 34.6 Å². The third kappa shape index (κ3) is 2.63. The minimum atomic E-state index is 0.142. The van der Waals surface area contributed by atoms with Gasteiger partial charge in [-0.15, -0.1) is 0 Å². The fourth-order valence-corrected chi connectivity index (χ4v) is 2.98. The SMILES string of the molecule is CN1CCCC(n2c(C(C)(C)C)c[nH]c2=S)C1. The lowest BCUT2D eigenvalue weighted by Gasteiger charge is -2.33. The Bertz CT molecular complexity index is 438. The van der Waals surface area contributed by atoms with E-state index < -0.39 is 0 Å². The molecular formula is C13H23N3S. The van der Waals surface area contributed by atoms with Crippen molar-refractivity contribution in [2.24, 2.45) is 0 Å². The van der Waals surface area contributed by atoms with Crippen molar-refractivity contribution in [1.82, 2.24) is 14.5 Å². The Balaban J connectivity index is 2.37. The molecule has 1 aliphatic rings. The summed E-state index contributed by atoms with van der Waals surface area (Å²) in [5.74, 6) is 0. The maximum Gasteiger partial charge on any atom is 0.177 e. The zero-order valence-corrected chi connectivity index (χ0v) is 12.1. The third-order valence-corrected chi connectivity index (χ3v) is 3.86. The Labute approximate surface area is 109 Å². The van der Waals surface area contributed by atoms with Crippen LogP contribution in [0.25, 0.3) is 0 Å². The first-order valence-electron chi connectivity index (χ1n) is 6.38. The van der Waals surface area contributed by atoms with Crippen LogP contribution in [0.2, 0.25) is 0 Å². The second-order valence-electron chi connectivity index (χ2n) is 6.16. The molecule has 0 amide bonds. The fourth-order valence-electron chi connectivity index (χ4n) is 2.67. The van der Waals surface area contributed by atoms with Gasteiger partial charge in [0.1, 0.15) is 0 Å². The van der Waals surface area contributed by atoms with Gasteiger partial charge in [-0.3, -0.25) is 0 Å². The van der Waals surface area contributed by atoms with Crippen LogP contribution in [0.4, 0.5) is 0 Å². The van der Waals surface area contributed by atoms with Crippen molar-refractivity contribution in [3.63, 3.8) is 0 Å². The number of hydrogen-bond acceptors (Lipinski definition) is 2. The average Bonchev–Trinajstić information content (AvgIpc) is 2.59. The van der Waals surface area contributed by atoms with Crippen LogP contribution >= 0.6 is 12.2 Å². The van der Waals surface area contributed by atoms with Crippen LogP contribution in [0.5, 0.6) is 0 Å². The van der Waals surface area contributed by atoms with Crippen molar-refractivity contribution in [3.8, 4) is 0 Å². The van der Waals surface area contributed by atoms with Crippen LogP contribution in [-0.2, 0) is 5.41 Å². The maximum atomic E-state index is 5.45. The molecule has 1 aromatic rings. The van der Waals surface area contributed by atoms with Crippen LogP contribution < -0.4 is 0 Å². The number of likely N-dealkylation sites (N-methyl/N-ethyl adjacent to an activating group) is 1. The standard InChI is InChI=1S/C13H23N3S/c1-13(2,3)11-8-14-12(17)16(11)10-6-5-7-15(4)9-10/h8,10H,5-7,9H2,1-4H3,(H,14,17). The zero-order valence-electron chi connectivity index (χ0n) is 11.3. The number of H-pyrrole nitrogens is 1. The monoisotopic (exact) mass is 253 g/mol. The lowest BCUT2D eigenvalue weighted by Crippen LogP contribution is -2.35. The van der Waals surface area contributed by atoms with Crippen LogP contribution in [0.3, 0.4) is 0 Å². The second-order valence-corrected chi connectivity index (χ2v) is 6.54. The third-order valence-electron chi connectivity index (χ3n) is 3.54. The van der Waals surface area contributed by atoms with E-state index in [9.17, 15) is 0 Å². The van der Waals surface area contributed by atoms with Gasteiger partial charge in [0.15, 0.2) is 4.77 Å². The topological polar surface area (TPSA) is 24.0 Å². The Morgan fingerprint density at radius 2 is 2.12 bits per heavy atom. The molecule has 0 aliphatic carbocycles. The predicted molar refractivity (Wildman–Crippen MR) is 74.1 cm³/mol. The second kappa shape index (κ2) is 4.58.